The molecule has 0 atom stereocenters. The summed E-state index contributed by atoms with van der Waals surface area (Å²) in [5.74, 6) is 0.183. The Bertz CT molecular complexity index is 1910. The number of nitrogens with zero attached hydrogens (tertiary/aromatic N) is 4. The second-order valence-electron chi connectivity index (χ2n) is 9.16. The van der Waals surface area contributed by atoms with E-state index in [1.165, 1.54) is 38.6 Å². The van der Waals surface area contributed by atoms with Crippen LogP contribution in [0.4, 0.5) is 4.39 Å². The lowest BCUT2D eigenvalue weighted by Crippen LogP contribution is -2.42. The van der Waals surface area contributed by atoms with Crippen LogP contribution >= 0.6 is 0 Å². The van der Waals surface area contributed by atoms with Crippen molar-refractivity contribution in [2.24, 2.45) is 7.05 Å². The number of rotatable bonds is 6. The van der Waals surface area contributed by atoms with Crippen molar-refractivity contribution >= 4 is 11.0 Å². The number of ether oxygens (including phenoxy) is 2. The van der Waals surface area contributed by atoms with Crippen molar-refractivity contribution in [1.29, 1.82) is 0 Å². The van der Waals surface area contributed by atoms with Crippen LogP contribution in [-0.4, -0.2) is 25.8 Å². The highest BCUT2D eigenvalue weighted by Crippen LogP contribution is 2.29. The van der Waals surface area contributed by atoms with Crippen LogP contribution in [-0.2, 0) is 13.6 Å². The van der Waals surface area contributed by atoms with Crippen LogP contribution < -0.4 is 26.3 Å². The quantitative estimate of drug-likeness (QED) is 0.295. The number of benzene rings is 2. The van der Waals surface area contributed by atoms with E-state index in [0.29, 0.717) is 22.6 Å². The smallest absolute Gasteiger partial charge is 0.337 e. The summed E-state index contributed by atoms with van der Waals surface area (Å²) in [7, 11) is 2.95. The summed E-state index contributed by atoms with van der Waals surface area (Å²) < 4.78 is 29.7. The molecule has 212 valence electrons. The third kappa shape index (κ3) is 5.54. The predicted octanol–water partition coefficient (Wildman–Crippen LogP) is 4.88. The Hall–Kier alpha value is -4.99. The number of pyridine rings is 2. The van der Waals surface area contributed by atoms with Gasteiger partial charge >= 0.3 is 5.69 Å². The van der Waals surface area contributed by atoms with Gasteiger partial charge in [0.25, 0.3) is 11.1 Å². The molecule has 0 spiro atoms. The topological polar surface area (TPSA) is 97.3 Å². The van der Waals surface area contributed by atoms with Crippen molar-refractivity contribution in [3.63, 3.8) is 0 Å². The van der Waals surface area contributed by atoms with E-state index in [1.807, 2.05) is 13.8 Å². The van der Waals surface area contributed by atoms with Gasteiger partial charge < -0.3 is 9.47 Å². The van der Waals surface area contributed by atoms with Gasteiger partial charge in [-0.05, 0) is 60.9 Å². The van der Waals surface area contributed by atoms with Crippen LogP contribution in [0.3, 0.4) is 0 Å². The second-order valence-corrected chi connectivity index (χ2v) is 9.16. The van der Waals surface area contributed by atoms with Gasteiger partial charge in [0.2, 0.25) is 0 Å². The Labute approximate surface area is 235 Å². The summed E-state index contributed by atoms with van der Waals surface area (Å²) in [5.41, 5.74) is -0.253. The zero-order valence-electron chi connectivity index (χ0n) is 23.8. The maximum atomic E-state index is 15.3. The van der Waals surface area contributed by atoms with E-state index in [0.717, 1.165) is 19.3 Å². The lowest BCUT2D eigenvalue weighted by molar-refractivity contribution is 0.414. The van der Waals surface area contributed by atoms with E-state index in [1.54, 1.807) is 56.4 Å². The molecule has 5 rings (SSSR count). The molecule has 10 heteroatoms. The van der Waals surface area contributed by atoms with Crippen LogP contribution in [0.5, 0.6) is 17.2 Å². The minimum Gasteiger partial charge on any atom is -0.497 e. The molecule has 9 nitrogen and oxygen atoms in total. The van der Waals surface area contributed by atoms with Gasteiger partial charge in [-0.1, -0.05) is 32.0 Å². The molecule has 3 heterocycles. The molecule has 0 radical (unpaired) electrons. The summed E-state index contributed by atoms with van der Waals surface area (Å²) in [4.78, 5) is 45.0. The maximum absolute atomic E-state index is 15.3. The predicted molar refractivity (Wildman–Crippen MR) is 156 cm³/mol. The molecule has 0 aliphatic heterocycles. The van der Waals surface area contributed by atoms with Gasteiger partial charge in [0.1, 0.15) is 34.1 Å². The zero-order valence-corrected chi connectivity index (χ0v) is 23.8. The van der Waals surface area contributed by atoms with Crippen molar-refractivity contribution in [1.82, 2.24) is 18.7 Å². The fourth-order valence-electron chi connectivity index (χ4n) is 4.38. The zero-order chi connectivity index (χ0) is 29.8. The molecule has 0 saturated carbocycles. The summed E-state index contributed by atoms with van der Waals surface area (Å²) in [6.07, 6.45) is 3.05. The minimum atomic E-state index is -0.809. The number of aromatic nitrogens is 4. The average Bonchev–Trinajstić information content (AvgIpc) is 2.97. The number of methoxy groups -OCH3 is 1. The molecule has 5 aromatic rings. The number of hydrogen-bond donors (Lipinski definition) is 0. The first-order valence-electron chi connectivity index (χ1n) is 13.1. The van der Waals surface area contributed by atoms with Crippen LogP contribution in [0.15, 0.2) is 81.4 Å². The third-order valence-electron chi connectivity index (χ3n) is 6.52. The maximum Gasteiger partial charge on any atom is 0.337 e. The second kappa shape index (κ2) is 12.0. The van der Waals surface area contributed by atoms with Crippen LogP contribution in [0.2, 0.25) is 0 Å². The molecule has 0 fully saturated rings. The molecular formula is C31H31FN4O5. The highest BCUT2D eigenvalue weighted by atomic mass is 19.1. The third-order valence-corrected chi connectivity index (χ3v) is 6.52. The Kier molecular flexibility index (Phi) is 8.51. The number of aryl methyl sites for hydroxylation is 3. The van der Waals surface area contributed by atoms with Crippen molar-refractivity contribution < 1.29 is 13.9 Å². The van der Waals surface area contributed by atoms with Gasteiger partial charge in [-0.2, -0.15) is 0 Å². The van der Waals surface area contributed by atoms with Crippen molar-refractivity contribution in [3.8, 4) is 22.9 Å². The molecule has 0 amide bonds. The van der Waals surface area contributed by atoms with Gasteiger partial charge in [0.15, 0.2) is 0 Å². The molecule has 41 heavy (non-hydrogen) atoms. The molecule has 2 aromatic carbocycles. The first-order valence-corrected chi connectivity index (χ1v) is 13.1. The fraction of sp³-hybridized carbons (Fsp3) is 0.226. The van der Waals surface area contributed by atoms with E-state index in [2.05, 4.69) is 4.98 Å². The fourth-order valence-corrected chi connectivity index (χ4v) is 4.38. The van der Waals surface area contributed by atoms with Crippen molar-refractivity contribution in [3.05, 3.63) is 121 Å². The van der Waals surface area contributed by atoms with E-state index >= 15 is 4.39 Å². The number of fused-ring (bicyclic) bond motifs is 1. The summed E-state index contributed by atoms with van der Waals surface area (Å²) in [5, 5.41) is -0.0616. The molecule has 0 unspecified atom stereocenters. The van der Waals surface area contributed by atoms with Gasteiger partial charge in [-0.3, -0.25) is 23.7 Å². The van der Waals surface area contributed by atoms with E-state index in [4.69, 9.17) is 9.47 Å². The van der Waals surface area contributed by atoms with Gasteiger partial charge in [0.05, 0.1) is 25.5 Å². The number of hydrogen-bond acceptors (Lipinski definition) is 6. The molecular weight excluding hydrogens is 527 g/mol. The SMILES string of the molecule is CC.COc1ccc(Cn2c(=O)c3c(Oc4cnccc4C)cc(=O)n(C)c3n(-c3ccc(C)cc3F)c2=O)cc1. The lowest BCUT2D eigenvalue weighted by Gasteiger charge is -2.19. The largest absolute Gasteiger partial charge is 0.497 e. The monoisotopic (exact) mass is 558 g/mol. The van der Waals surface area contributed by atoms with Crippen LogP contribution in [0, 0.1) is 19.7 Å². The normalized spacial score (nSPS) is 10.7. The van der Waals surface area contributed by atoms with Crippen LogP contribution in [0.1, 0.15) is 30.5 Å². The van der Waals surface area contributed by atoms with Gasteiger partial charge in [-0.25, -0.2) is 13.8 Å². The van der Waals surface area contributed by atoms with E-state index < -0.39 is 22.6 Å². The first-order chi connectivity index (χ1) is 19.7. The van der Waals surface area contributed by atoms with Gasteiger partial charge in [-0.15, -0.1) is 0 Å². The van der Waals surface area contributed by atoms with Gasteiger partial charge in [0, 0.05) is 19.3 Å². The molecule has 0 aliphatic rings. The molecule has 0 saturated heterocycles. The standard InChI is InChI=1S/C29H25FN4O5.C2H6/c1-17-5-10-22(21(30)13-17)34-27-26(23(14-25(35)32(27)3)39-24-15-31-12-11-18(24)2)28(36)33(29(34)37)16-19-6-8-20(38-4)9-7-19;1-2/h5-15H,16H2,1-4H3;1-2H3. The van der Waals surface area contributed by atoms with E-state index in [-0.39, 0.29) is 29.0 Å². The van der Waals surface area contributed by atoms with E-state index in [9.17, 15) is 14.4 Å². The number of halogens is 1. The Morgan fingerprint density at radius 2 is 1.63 bits per heavy atom. The molecule has 0 bridgehead atoms. The average molecular weight is 559 g/mol. The van der Waals surface area contributed by atoms with Crippen LogP contribution in [0.25, 0.3) is 16.7 Å². The Morgan fingerprint density at radius 3 is 2.27 bits per heavy atom. The lowest BCUT2D eigenvalue weighted by atomic mass is 10.2. The van der Waals surface area contributed by atoms with Crippen molar-refractivity contribution in [2.75, 3.05) is 7.11 Å². The molecule has 3 aromatic heterocycles. The summed E-state index contributed by atoms with van der Waals surface area (Å²) >= 11 is 0. The first kappa shape index (κ1) is 29.0. The summed E-state index contributed by atoms with van der Waals surface area (Å²) in [6.45, 7) is 7.40. The molecule has 0 N–H and O–H groups in total. The highest BCUT2D eigenvalue weighted by molar-refractivity contribution is 5.83. The molecule has 0 aliphatic carbocycles. The Morgan fingerprint density at radius 1 is 0.927 bits per heavy atom. The summed E-state index contributed by atoms with van der Waals surface area (Å²) in [6, 6.07) is 14.1. The minimum absolute atomic E-state index is 0.0616. The van der Waals surface area contributed by atoms with Crippen molar-refractivity contribution in [2.45, 2.75) is 34.2 Å². The Balaban J connectivity index is 0.00000189. The highest BCUT2D eigenvalue weighted by Gasteiger charge is 2.24.